The molecule has 0 amide bonds. The molecular weight excluding hydrogens is 251 g/mol. The van der Waals surface area contributed by atoms with Crippen LogP contribution in [0.4, 0.5) is 0 Å². The van der Waals surface area contributed by atoms with Gasteiger partial charge in [0.05, 0.1) is 0 Å². The number of aromatic nitrogens is 2. The Kier molecular flexibility index (Phi) is 2.13. The van der Waals surface area contributed by atoms with E-state index in [1.165, 1.54) is 10.1 Å². The van der Waals surface area contributed by atoms with Crippen LogP contribution in [-0.4, -0.2) is 24.5 Å². The van der Waals surface area contributed by atoms with Crippen molar-refractivity contribution < 1.29 is 0 Å². The molecule has 0 atom stereocenters. The van der Waals surface area contributed by atoms with Crippen molar-refractivity contribution in [3.8, 4) is 10.1 Å². The summed E-state index contributed by atoms with van der Waals surface area (Å²) in [6.07, 6.45) is 1.84. The standard InChI is InChI=1S/C12H8N2Se/c1-2-5-9(6-3-1)11-14-10-7-4-8-13-12(10)15-11/h1-8H. The van der Waals surface area contributed by atoms with E-state index < -0.39 is 0 Å². The van der Waals surface area contributed by atoms with Gasteiger partial charge in [0.2, 0.25) is 0 Å². The summed E-state index contributed by atoms with van der Waals surface area (Å²) in [7, 11) is 0. The summed E-state index contributed by atoms with van der Waals surface area (Å²) in [5.41, 5.74) is 2.26. The third-order valence-electron chi connectivity index (χ3n) is 2.19. The molecule has 2 heterocycles. The van der Waals surface area contributed by atoms with Crippen LogP contribution < -0.4 is 0 Å². The molecule has 0 N–H and O–H groups in total. The van der Waals surface area contributed by atoms with E-state index in [9.17, 15) is 0 Å². The van der Waals surface area contributed by atoms with Gasteiger partial charge in [-0.3, -0.25) is 0 Å². The van der Waals surface area contributed by atoms with Gasteiger partial charge in [0.25, 0.3) is 0 Å². The zero-order valence-corrected chi connectivity index (χ0v) is 9.63. The third kappa shape index (κ3) is 1.60. The average Bonchev–Trinajstić information content (AvgIpc) is 2.74. The van der Waals surface area contributed by atoms with Gasteiger partial charge in [0.1, 0.15) is 0 Å². The Labute approximate surface area is 93.4 Å². The van der Waals surface area contributed by atoms with Crippen LogP contribution >= 0.6 is 0 Å². The van der Waals surface area contributed by atoms with Crippen molar-refractivity contribution in [2.24, 2.45) is 0 Å². The van der Waals surface area contributed by atoms with Gasteiger partial charge in [-0.05, 0) is 0 Å². The molecule has 0 saturated heterocycles. The van der Waals surface area contributed by atoms with Crippen molar-refractivity contribution in [1.29, 1.82) is 0 Å². The Balaban J connectivity index is 2.21. The topological polar surface area (TPSA) is 25.8 Å². The van der Waals surface area contributed by atoms with Gasteiger partial charge in [0.15, 0.2) is 0 Å². The Morgan fingerprint density at radius 2 is 1.80 bits per heavy atom. The summed E-state index contributed by atoms with van der Waals surface area (Å²) in [5, 5.41) is 0. The molecule has 3 rings (SSSR count). The summed E-state index contributed by atoms with van der Waals surface area (Å²) >= 11 is 0.262. The second kappa shape index (κ2) is 3.61. The van der Waals surface area contributed by atoms with E-state index in [0.29, 0.717) is 0 Å². The molecule has 0 fully saturated rings. The molecule has 2 aromatic heterocycles. The summed E-state index contributed by atoms with van der Waals surface area (Å²) in [6, 6.07) is 14.3. The number of hydrogen-bond acceptors (Lipinski definition) is 2. The van der Waals surface area contributed by atoms with E-state index in [4.69, 9.17) is 0 Å². The fourth-order valence-electron chi connectivity index (χ4n) is 1.47. The molecule has 15 heavy (non-hydrogen) atoms. The molecule has 0 spiro atoms. The molecule has 0 bridgehead atoms. The molecule has 0 aliphatic heterocycles. The Bertz CT molecular complexity index is 554. The van der Waals surface area contributed by atoms with E-state index in [2.05, 4.69) is 22.1 Å². The first-order chi connectivity index (χ1) is 7.43. The quantitative estimate of drug-likeness (QED) is 0.627. The van der Waals surface area contributed by atoms with Crippen LogP contribution in [0.25, 0.3) is 20.0 Å². The van der Waals surface area contributed by atoms with Crippen LogP contribution in [0.1, 0.15) is 0 Å². The van der Waals surface area contributed by atoms with Gasteiger partial charge < -0.3 is 0 Å². The Hall–Kier alpha value is -1.44. The Morgan fingerprint density at radius 3 is 2.60 bits per heavy atom. The summed E-state index contributed by atoms with van der Waals surface area (Å²) in [5.74, 6) is 0. The predicted molar refractivity (Wildman–Crippen MR) is 61.9 cm³/mol. The molecule has 0 saturated carbocycles. The van der Waals surface area contributed by atoms with Gasteiger partial charge in [-0.25, -0.2) is 0 Å². The van der Waals surface area contributed by atoms with E-state index in [1.807, 2.05) is 36.5 Å². The van der Waals surface area contributed by atoms with Crippen LogP contribution in [-0.2, 0) is 0 Å². The van der Waals surface area contributed by atoms with E-state index in [-0.39, 0.29) is 14.5 Å². The SMILES string of the molecule is c1ccc(-c2nc3cccnc3[se]2)cc1. The number of benzene rings is 1. The van der Waals surface area contributed by atoms with Crippen molar-refractivity contribution in [3.63, 3.8) is 0 Å². The van der Waals surface area contributed by atoms with Crippen LogP contribution in [0.3, 0.4) is 0 Å². The van der Waals surface area contributed by atoms with Crippen molar-refractivity contribution in [2.75, 3.05) is 0 Å². The monoisotopic (exact) mass is 260 g/mol. The number of fused-ring (bicyclic) bond motifs is 1. The zero-order valence-electron chi connectivity index (χ0n) is 7.92. The normalized spacial score (nSPS) is 10.7. The number of pyridine rings is 1. The third-order valence-corrected chi connectivity index (χ3v) is 4.34. The molecule has 0 unspecified atom stereocenters. The minimum absolute atomic E-state index is 0.262. The first-order valence-corrected chi connectivity index (χ1v) is 6.42. The van der Waals surface area contributed by atoms with Crippen LogP contribution in [0, 0.1) is 0 Å². The first-order valence-electron chi connectivity index (χ1n) is 4.70. The summed E-state index contributed by atoms with van der Waals surface area (Å²) in [4.78, 5) is 8.95. The minimum atomic E-state index is 0.262. The molecule has 72 valence electrons. The fourth-order valence-corrected chi connectivity index (χ4v) is 3.39. The number of rotatable bonds is 1. The summed E-state index contributed by atoms with van der Waals surface area (Å²) in [6.45, 7) is 0. The van der Waals surface area contributed by atoms with Crippen LogP contribution in [0.5, 0.6) is 0 Å². The first kappa shape index (κ1) is 8.83. The maximum atomic E-state index is 4.60. The molecular formula is C12H8N2Se. The van der Waals surface area contributed by atoms with Crippen molar-refractivity contribution in [1.82, 2.24) is 9.97 Å². The average molecular weight is 259 g/mol. The maximum absolute atomic E-state index is 4.60. The van der Waals surface area contributed by atoms with Crippen molar-refractivity contribution in [2.45, 2.75) is 0 Å². The van der Waals surface area contributed by atoms with Gasteiger partial charge in [-0.15, -0.1) is 0 Å². The molecule has 0 aliphatic carbocycles. The Morgan fingerprint density at radius 1 is 0.933 bits per heavy atom. The number of nitrogens with zero attached hydrogens (tertiary/aromatic N) is 2. The molecule has 1 aromatic carbocycles. The van der Waals surface area contributed by atoms with Gasteiger partial charge in [-0.1, -0.05) is 0 Å². The molecule has 0 radical (unpaired) electrons. The van der Waals surface area contributed by atoms with Crippen molar-refractivity contribution in [3.05, 3.63) is 48.7 Å². The molecule has 3 aromatic rings. The predicted octanol–water partition coefficient (Wildman–Crippen LogP) is 2.35. The summed E-state index contributed by atoms with van der Waals surface area (Å²) < 4.78 is 2.32. The van der Waals surface area contributed by atoms with Gasteiger partial charge in [0, 0.05) is 0 Å². The van der Waals surface area contributed by atoms with E-state index in [0.717, 1.165) is 9.91 Å². The molecule has 2 nitrogen and oxygen atoms in total. The fraction of sp³-hybridized carbons (Fsp3) is 0. The van der Waals surface area contributed by atoms with E-state index in [1.54, 1.807) is 0 Å². The second-order valence-electron chi connectivity index (χ2n) is 3.21. The molecule has 0 aliphatic rings. The van der Waals surface area contributed by atoms with Crippen LogP contribution in [0.15, 0.2) is 48.7 Å². The van der Waals surface area contributed by atoms with Crippen LogP contribution in [0.2, 0.25) is 0 Å². The zero-order chi connectivity index (χ0) is 10.1. The number of hydrogen-bond donors (Lipinski definition) is 0. The molecule has 3 heteroatoms. The van der Waals surface area contributed by atoms with Gasteiger partial charge >= 0.3 is 93.2 Å². The van der Waals surface area contributed by atoms with E-state index >= 15 is 0 Å². The second-order valence-corrected chi connectivity index (χ2v) is 5.26. The van der Waals surface area contributed by atoms with Crippen molar-refractivity contribution >= 4 is 24.4 Å². The van der Waals surface area contributed by atoms with Gasteiger partial charge in [-0.2, -0.15) is 0 Å².